The Morgan fingerprint density at radius 3 is 2.42 bits per heavy atom. The maximum Gasteiger partial charge on any atom is 0.238 e. The van der Waals surface area contributed by atoms with Gasteiger partial charge in [0, 0.05) is 11.5 Å². The maximum atomic E-state index is 12.5. The van der Waals surface area contributed by atoms with E-state index in [-0.39, 0.29) is 11.8 Å². The highest BCUT2D eigenvalue weighted by Gasteiger charge is 2.24. The average molecular weight is 440 g/mol. The molecule has 7 heteroatoms. The van der Waals surface area contributed by atoms with E-state index in [9.17, 15) is 13.2 Å². The Balaban J connectivity index is 2.04. The van der Waals surface area contributed by atoms with Crippen molar-refractivity contribution in [3.8, 4) is 5.75 Å². The third-order valence-corrected chi connectivity index (χ3v) is 6.14. The van der Waals surface area contributed by atoms with Gasteiger partial charge in [-0.3, -0.25) is 4.79 Å². The summed E-state index contributed by atoms with van der Waals surface area (Å²) in [6, 6.07) is 14.2. The van der Waals surface area contributed by atoms with Crippen LogP contribution in [0.15, 0.2) is 53.0 Å². The van der Waals surface area contributed by atoms with Crippen LogP contribution in [-0.4, -0.2) is 39.1 Å². The van der Waals surface area contributed by atoms with Crippen molar-refractivity contribution in [2.75, 3.05) is 19.9 Å². The van der Waals surface area contributed by atoms with Crippen LogP contribution in [-0.2, 0) is 20.4 Å². The summed E-state index contributed by atoms with van der Waals surface area (Å²) in [6.07, 6.45) is 0. The number of carbonyl (C=O) groups excluding carboxylic acids is 1. The molecule has 0 aromatic heterocycles. The SMILES string of the molecule is COc1ccc(C(C)N(C)C(=O)CS(=O)(=O)Cc2cccc(Br)c2)cc1. The van der Waals surface area contributed by atoms with E-state index in [2.05, 4.69) is 15.9 Å². The van der Waals surface area contributed by atoms with Crippen LogP contribution in [0.25, 0.3) is 0 Å². The minimum absolute atomic E-state index is 0.164. The number of hydrogen-bond acceptors (Lipinski definition) is 4. The number of rotatable bonds is 7. The van der Waals surface area contributed by atoms with Crippen LogP contribution < -0.4 is 4.74 Å². The summed E-state index contributed by atoms with van der Waals surface area (Å²) < 4.78 is 30.7. The lowest BCUT2D eigenvalue weighted by atomic mass is 10.1. The Bertz CT molecular complexity index is 865. The van der Waals surface area contributed by atoms with Gasteiger partial charge in [-0.2, -0.15) is 0 Å². The molecule has 2 aromatic carbocycles. The Kier molecular flexibility index (Phi) is 6.83. The largest absolute Gasteiger partial charge is 0.497 e. The van der Waals surface area contributed by atoms with Crippen molar-refractivity contribution >= 4 is 31.7 Å². The molecule has 0 fully saturated rings. The summed E-state index contributed by atoms with van der Waals surface area (Å²) in [6.45, 7) is 1.86. The fraction of sp³-hybridized carbons (Fsp3) is 0.316. The average Bonchev–Trinajstić information content (AvgIpc) is 2.59. The molecule has 1 atom stereocenters. The molecule has 1 amide bonds. The first kappa shape index (κ1) is 20.5. The molecule has 0 saturated heterocycles. The van der Waals surface area contributed by atoms with E-state index in [4.69, 9.17) is 4.74 Å². The van der Waals surface area contributed by atoms with Gasteiger partial charge in [0.15, 0.2) is 9.84 Å². The van der Waals surface area contributed by atoms with E-state index in [0.29, 0.717) is 5.56 Å². The van der Waals surface area contributed by atoms with Gasteiger partial charge in [0.1, 0.15) is 11.5 Å². The van der Waals surface area contributed by atoms with Crippen LogP contribution in [0.1, 0.15) is 24.1 Å². The predicted octanol–water partition coefficient (Wildman–Crippen LogP) is 3.59. The molecule has 2 rings (SSSR count). The van der Waals surface area contributed by atoms with E-state index in [1.807, 2.05) is 37.3 Å². The van der Waals surface area contributed by atoms with Gasteiger partial charge in [-0.15, -0.1) is 0 Å². The zero-order valence-corrected chi connectivity index (χ0v) is 17.4. The van der Waals surface area contributed by atoms with Crippen molar-refractivity contribution in [2.45, 2.75) is 18.7 Å². The fourth-order valence-electron chi connectivity index (χ4n) is 2.54. The lowest BCUT2D eigenvalue weighted by Crippen LogP contribution is -2.34. The number of nitrogens with zero attached hydrogens (tertiary/aromatic N) is 1. The van der Waals surface area contributed by atoms with Gasteiger partial charge in [0.2, 0.25) is 5.91 Å². The van der Waals surface area contributed by atoms with Crippen LogP contribution in [0.5, 0.6) is 5.75 Å². The highest BCUT2D eigenvalue weighted by atomic mass is 79.9. The van der Waals surface area contributed by atoms with Crippen LogP contribution in [0.2, 0.25) is 0 Å². The molecule has 0 aliphatic heterocycles. The first-order valence-corrected chi connectivity index (χ1v) is 10.7. The van der Waals surface area contributed by atoms with Gasteiger partial charge in [-0.1, -0.05) is 40.2 Å². The zero-order chi connectivity index (χ0) is 19.3. The van der Waals surface area contributed by atoms with Crippen molar-refractivity contribution in [3.63, 3.8) is 0 Å². The second kappa shape index (κ2) is 8.68. The second-order valence-electron chi connectivity index (χ2n) is 6.12. The number of hydrogen-bond donors (Lipinski definition) is 0. The maximum absolute atomic E-state index is 12.5. The van der Waals surface area contributed by atoms with Gasteiger partial charge < -0.3 is 9.64 Å². The second-order valence-corrected chi connectivity index (χ2v) is 9.10. The molecule has 0 spiro atoms. The lowest BCUT2D eigenvalue weighted by molar-refractivity contribution is -0.129. The van der Waals surface area contributed by atoms with Gasteiger partial charge in [0.25, 0.3) is 0 Å². The Labute approximate surface area is 163 Å². The van der Waals surface area contributed by atoms with E-state index in [1.165, 1.54) is 4.90 Å². The van der Waals surface area contributed by atoms with E-state index in [1.54, 1.807) is 32.4 Å². The van der Waals surface area contributed by atoms with E-state index in [0.717, 1.165) is 15.8 Å². The first-order valence-electron chi connectivity index (χ1n) is 8.06. The molecule has 0 radical (unpaired) electrons. The third kappa shape index (κ3) is 5.57. The van der Waals surface area contributed by atoms with E-state index >= 15 is 0 Å². The molecule has 2 aromatic rings. The minimum Gasteiger partial charge on any atom is -0.497 e. The summed E-state index contributed by atoms with van der Waals surface area (Å²) in [5.74, 6) is -0.380. The molecule has 140 valence electrons. The molecule has 5 nitrogen and oxygen atoms in total. The lowest BCUT2D eigenvalue weighted by Gasteiger charge is -2.25. The predicted molar refractivity (Wildman–Crippen MR) is 106 cm³/mol. The summed E-state index contributed by atoms with van der Waals surface area (Å²) in [7, 11) is -0.350. The molecule has 0 saturated carbocycles. The first-order chi connectivity index (χ1) is 12.2. The number of ether oxygens (including phenoxy) is 1. The Hall–Kier alpha value is -1.86. The number of benzene rings is 2. The van der Waals surface area contributed by atoms with E-state index < -0.39 is 21.5 Å². The van der Waals surface area contributed by atoms with Crippen LogP contribution >= 0.6 is 15.9 Å². The highest BCUT2D eigenvalue weighted by Crippen LogP contribution is 2.22. The normalized spacial score (nSPS) is 12.5. The van der Waals surface area contributed by atoms with Crippen LogP contribution in [0.3, 0.4) is 0 Å². The molecule has 26 heavy (non-hydrogen) atoms. The van der Waals surface area contributed by atoms with Crippen LogP contribution in [0, 0.1) is 0 Å². The van der Waals surface area contributed by atoms with Crippen molar-refractivity contribution in [2.24, 2.45) is 0 Å². The van der Waals surface area contributed by atoms with Crippen molar-refractivity contribution in [1.82, 2.24) is 4.90 Å². The molecular weight excluding hydrogens is 418 g/mol. The summed E-state index contributed by atoms with van der Waals surface area (Å²) in [4.78, 5) is 13.9. The number of methoxy groups -OCH3 is 1. The van der Waals surface area contributed by atoms with Crippen molar-refractivity contribution < 1.29 is 17.9 Å². The van der Waals surface area contributed by atoms with Gasteiger partial charge >= 0.3 is 0 Å². The van der Waals surface area contributed by atoms with Gasteiger partial charge in [0.05, 0.1) is 18.9 Å². The standard InChI is InChI=1S/C19H22BrNO4S/c1-14(16-7-9-18(25-3)10-8-16)21(2)19(22)13-26(23,24)12-15-5-4-6-17(20)11-15/h4-11,14H,12-13H2,1-3H3. The number of halogens is 1. The zero-order valence-electron chi connectivity index (χ0n) is 15.0. The van der Waals surface area contributed by atoms with Crippen molar-refractivity contribution in [3.05, 3.63) is 64.1 Å². The molecule has 0 aliphatic carbocycles. The quantitative estimate of drug-likeness (QED) is 0.660. The minimum atomic E-state index is -3.55. The Morgan fingerprint density at radius 2 is 1.85 bits per heavy atom. The van der Waals surface area contributed by atoms with Crippen LogP contribution in [0.4, 0.5) is 0 Å². The molecular formula is C19H22BrNO4S. The fourth-order valence-corrected chi connectivity index (χ4v) is 4.36. The topological polar surface area (TPSA) is 63.7 Å². The van der Waals surface area contributed by atoms with Gasteiger partial charge in [-0.05, 0) is 42.3 Å². The molecule has 0 aliphatic rings. The Morgan fingerprint density at radius 1 is 1.19 bits per heavy atom. The highest BCUT2D eigenvalue weighted by molar-refractivity contribution is 9.10. The number of amides is 1. The molecule has 0 N–H and O–H groups in total. The molecule has 1 unspecified atom stereocenters. The molecule has 0 heterocycles. The summed E-state index contributed by atoms with van der Waals surface area (Å²) in [5, 5.41) is 0. The molecule has 0 bridgehead atoms. The number of carbonyl (C=O) groups is 1. The summed E-state index contributed by atoms with van der Waals surface area (Å²) in [5.41, 5.74) is 1.56. The smallest absolute Gasteiger partial charge is 0.238 e. The summed E-state index contributed by atoms with van der Waals surface area (Å²) >= 11 is 3.32. The third-order valence-electron chi connectivity index (χ3n) is 4.19. The monoisotopic (exact) mass is 439 g/mol. The van der Waals surface area contributed by atoms with Gasteiger partial charge in [-0.25, -0.2) is 8.42 Å². The number of sulfone groups is 1. The van der Waals surface area contributed by atoms with Crippen molar-refractivity contribution in [1.29, 1.82) is 0 Å².